The molecule has 0 saturated heterocycles. The van der Waals surface area contributed by atoms with Gasteiger partial charge in [-0.15, -0.1) is 0 Å². The number of halogens is 1. The fourth-order valence-corrected chi connectivity index (χ4v) is 3.20. The molecule has 4 rings (SSSR count). The van der Waals surface area contributed by atoms with Crippen LogP contribution in [0.15, 0.2) is 66.7 Å². The van der Waals surface area contributed by atoms with Gasteiger partial charge in [0.2, 0.25) is 0 Å². The van der Waals surface area contributed by atoms with Gasteiger partial charge in [-0.2, -0.15) is 0 Å². The van der Waals surface area contributed by atoms with Crippen LogP contribution in [0.2, 0.25) is 5.02 Å². The normalized spacial score (nSPS) is 13.0. The van der Waals surface area contributed by atoms with E-state index in [1.165, 1.54) is 0 Å². The van der Waals surface area contributed by atoms with Crippen LogP contribution in [-0.4, -0.2) is 17.9 Å². The number of benzene rings is 3. The molecule has 2 N–H and O–H groups in total. The molecule has 29 heavy (non-hydrogen) atoms. The van der Waals surface area contributed by atoms with Gasteiger partial charge >= 0.3 is 0 Å². The number of nitrogens with one attached hydrogen (secondary N) is 2. The topological polar surface area (TPSA) is 58.2 Å². The van der Waals surface area contributed by atoms with Crippen molar-refractivity contribution in [3.05, 3.63) is 88.4 Å². The van der Waals surface area contributed by atoms with Gasteiger partial charge in [0.1, 0.15) is 0 Å². The molecule has 3 aromatic rings. The number of rotatable bonds is 5. The van der Waals surface area contributed by atoms with Crippen LogP contribution >= 0.6 is 11.6 Å². The third-order valence-corrected chi connectivity index (χ3v) is 5.21. The molecule has 2 amide bonds. The highest BCUT2D eigenvalue weighted by atomic mass is 35.5. The van der Waals surface area contributed by atoms with Gasteiger partial charge in [-0.05, 0) is 72.9 Å². The van der Waals surface area contributed by atoms with E-state index in [1.807, 2.05) is 55.5 Å². The van der Waals surface area contributed by atoms with Crippen LogP contribution in [0.1, 0.15) is 39.1 Å². The highest BCUT2D eigenvalue weighted by Gasteiger charge is 2.24. The standard InChI is InChI=1S/C24H21ClN2O2/c1-15-5-6-19(23(28)26-21-11-12-21)14-22(15)27-24(29)18-4-2-3-17(13-18)16-7-9-20(25)10-8-16/h2-10,13-14,21H,11-12H2,1H3,(H,26,28)(H,27,29). The van der Waals surface area contributed by atoms with Gasteiger partial charge in [0, 0.05) is 27.9 Å². The molecular formula is C24H21ClN2O2. The van der Waals surface area contributed by atoms with Gasteiger partial charge < -0.3 is 10.6 Å². The zero-order valence-corrected chi connectivity index (χ0v) is 16.8. The lowest BCUT2D eigenvalue weighted by molar-refractivity contribution is 0.0949. The summed E-state index contributed by atoms with van der Waals surface area (Å²) in [6.45, 7) is 1.91. The predicted octanol–water partition coefficient (Wildman–Crippen LogP) is 5.46. The molecule has 0 spiro atoms. The number of hydrogen-bond acceptors (Lipinski definition) is 2. The Kier molecular flexibility index (Phi) is 5.36. The number of anilines is 1. The van der Waals surface area contributed by atoms with E-state index in [4.69, 9.17) is 11.6 Å². The van der Waals surface area contributed by atoms with Gasteiger partial charge in [0.15, 0.2) is 0 Å². The van der Waals surface area contributed by atoms with Gasteiger partial charge in [0.05, 0.1) is 0 Å². The summed E-state index contributed by atoms with van der Waals surface area (Å²) in [4.78, 5) is 25.1. The summed E-state index contributed by atoms with van der Waals surface area (Å²) in [5.74, 6) is -0.323. The Labute approximate surface area is 174 Å². The Morgan fingerprint density at radius 1 is 0.862 bits per heavy atom. The second-order valence-corrected chi connectivity index (χ2v) is 7.76. The average Bonchev–Trinajstić information content (AvgIpc) is 3.54. The minimum Gasteiger partial charge on any atom is -0.349 e. The maximum absolute atomic E-state index is 12.8. The highest BCUT2D eigenvalue weighted by molar-refractivity contribution is 6.30. The molecule has 0 heterocycles. The van der Waals surface area contributed by atoms with Crippen LogP contribution in [0.5, 0.6) is 0 Å². The van der Waals surface area contributed by atoms with Crippen molar-refractivity contribution >= 4 is 29.1 Å². The summed E-state index contributed by atoms with van der Waals surface area (Å²) in [6, 6.07) is 20.6. The highest BCUT2D eigenvalue weighted by Crippen LogP contribution is 2.24. The quantitative estimate of drug-likeness (QED) is 0.593. The Bertz CT molecular complexity index is 1070. The van der Waals surface area contributed by atoms with Gasteiger partial charge in [-0.25, -0.2) is 0 Å². The lowest BCUT2D eigenvalue weighted by Crippen LogP contribution is -2.25. The summed E-state index contributed by atoms with van der Waals surface area (Å²) in [6.07, 6.45) is 2.07. The van der Waals surface area contributed by atoms with Crippen molar-refractivity contribution in [2.24, 2.45) is 0 Å². The monoisotopic (exact) mass is 404 g/mol. The van der Waals surface area contributed by atoms with Crippen LogP contribution in [0.3, 0.4) is 0 Å². The van der Waals surface area contributed by atoms with Crippen molar-refractivity contribution < 1.29 is 9.59 Å². The van der Waals surface area contributed by atoms with Crippen molar-refractivity contribution in [1.29, 1.82) is 0 Å². The van der Waals surface area contributed by atoms with Crippen LogP contribution in [0, 0.1) is 6.92 Å². The summed E-state index contributed by atoms with van der Waals surface area (Å²) in [5.41, 5.74) is 4.55. The zero-order chi connectivity index (χ0) is 20.4. The first-order valence-electron chi connectivity index (χ1n) is 9.58. The number of carbonyl (C=O) groups is 2. The van der Waals surface area contributed by atoms with Crippen LogP contribution in [0.4, 0.5) is 5.69 Å². The second-order valence-electron chi connectivity index (χ2n) is 7.32. The summed E-state index contributed by atoms with van der Waals surface area (Å²) < 4.78 is 0. The van der Waals surface area contributed by atoms with E-state index in [1.54, 1.807) is 18.2 Å². The number of carbonyl (C=O) groups excluding carboxylic acids is 2. The first kappa shape index (κ1) is 19.2. The summed E-state index contributed by atoms with van der Waals surface area (Å²) >= 11 is 5.96. The molecule has 0 unspecified atom stereocenters. The van der Waals surface area contributed by atoms with E-state index >= 15 is 0 Å². The van der Waals surface area contributed by atoms with Gasteiger partial charge in [-0.1, -0.05) is 41.9 Å². The van der Waals surface area contributed by atoms with E-state index in [-0.39, 0.29) is 17.9 Å². The zero-order valence-electron chi connectivity index (χ0n) is 16.0. The Balaban J connectivity index is 1.54. The molecule has 1 saturated carbocycles. The average molecular weight is 405 g/mol. The van der Waals surface area contributed by atoms with E-state index in [0.717, 1.165) is 29.5 Å². The molecule has 1 fully saturated rings. The summed E-state index contributed by atoms with van der Waals surface area (Å²) in [7, 11) is 0. The first-order chi connectivity index (χ1) is 14.0. The molecule has 1 aliphatic rings. The maximum Gasteiger partial charge on any atom is 0.255 e. The van der Waals surface area contributed by atoms with E-state index in [0.29, 0.717) is 21.8 Å². The molecule has 4 nitrogen and oxygen atoms in total. The Hall–Kier alpha value is -3.11. The van der Waals surface area contributed by atoms with E-state index in [2.05, 4.69) is 10.6 Å². The minimum absolute atomic E-state index is 0.104. The minimum atomic E-state index is -0.219. The molecule has 5 heteroatoms. The fourth-order valence-electron chi connectivity index (χ4n) is 3.07. The fraction of sp³-hybridized carbons (Fsp3) is 0.167. The molecule has 0 aromatic heterocycles. The third kappa shape index (κ3) is 4.66. The lowest BCUT2D eigenvalue weighted by atomic mass is 10.0. The second kappa shape index (κ2) is 8.10. The molecule has 0 aliphatic heterocycles. The summed E-state index contributed by atoms with van der Waals surface area (Å²) in [5, 5.41) is 6.58. The smallest absolute Gasteiger partial charge is 0.255 e. The largest absolute Gasteiger partial charge is 0.349 e. The van der Waals surface area contributed by atoms with Crippen molar-refractivity contribution in [2.45, 2.75) is 25.8 Å². The number of hydrogen-bond donors (Lipinski definition) is 2. The molecule has 1 aliphatic carbocycles. The van der Waals surface area contributed by atoms with E-state index < -0.39 is 0 Å². The van der Waals surface area contributed by atoms with Gasteiger partial charge in [0.25, 0.3) is 11.8 Å². The SMILES string of the molecule is Cc1ccc(C(=O)NC2CC2)cc1NC(=O)c1cccc(-c2ccc(Cl)cc2)c1. The Morgan fingerprint density at radius 2 is 1.59 bits per heavy atom. The molecule has 0 radical (unpaired) electrons. The lowest BCUT2D eigenvalue weighted by Gasteiger charge is -2.12. The van der Waals surface area contributed by atoms with Crippen molar-refractivity contribution in [3.63, 3.8) is 0 Å². The predicted molar refractivity (Wildman–Crippen MR) is 117 cm³/mol. The van der Waals surface area contributed by atoms with Crippen molar-refractivity contribution in [2.75, 3.05) is 5.32 Å². The first-order valence-corrected chi connectivity index (χ1v) is 9.96. The van der Waals surface area contributed by atoms with Crippen molar-refractivity contribution in [1.82, 2.24) is 5.32 Å². The molecule has 3 aromatic carbocycles. The van der Waals surface area contributed by atoms with E-state index in [9.17, 15) is 9.59 Å². The maximum atomic E-state index is 12.8. The number of aryl methyl sites for hydroxylation is 1. The van der Waals surface area contributed by atoms with Crippen LogP contribution in [0.25, 0.3) is 11.1 Å². The number of amides is 2. The molecule has 0 atom stereocenters. The van der Waals surface area contributed by atoms with Crippen molar-refractivity contribution in [3.8, 4) is 11.1 Å². The third-order valence-electron chi connectivity index (χ3n) is 4.96. The Morgan fingerprint density at radius 3 is 2.31 bits per heavy atom. The molecular weight excluding hydrogens is 384 g/mol. The molecule has 0 bridgehead atoms. The van der Waals surface area contributed by atoms with Crippen LogP contribution < -0.4 is 10.6 Å². The van der Waals surface area contributed by atoms with Crippen LogP contribution in [-0.2, 0) is 0 Å². The molecule has 146 valence electrons. The van der Waals surface area contributed by atoms with Gasteiger partial charge in [-0.3, -0.25) is 9.59 Å².